The molecule has 0 aromatic carbocycles. The van der Waals surface area contributed by atoms with Gasteiger partial charge < -0.3 is 16.9 Å². The molecule has 2 heterocycles. The van der Waals surface area contributed by atoms with Gasteiger partial charge in [-0.3, -0.25) is 9.59 Å². The fraction of sp³-hybridized carbons (Fsp3) is 0.556. The summed E-state index contributed by atoms with van der Waals surface area (Å²) in [6.45, 7) is 0. The van der Waals surface area contributed by atoms with Crippen LogP contribution < -0.4 is 16.9 Å². The molecular weight excluding hydrogens is 396 g/mol. The van der Waals surface area contributed by atoms with Crippen molar-refractivity contribution in [1.82, 2.24) is 14.9 Å². The number of nitrogens with zero attached hydrogens (tertiary/aromatic N) is 3. The van der Waals surface area contributed by atoms with Gasteiger partial charge >= 0.3 is 0 Å². The zero-order valence-corrected chi connectivity index (χ0v) is 17.2. The van der Waals surface area contributed by atoms with Crippen molar-refractivity contribution in [3.63, 3.8) is 0 Å². The lowest BCUT2D eigenvalue weighted by Gasteiger charge is -2.20. The van der Waals surface area contributed by atoms with Crippen LogP contribution in [-0.2, 0) is 17.6 Å². The van der Waals surface area contributed by atoms with Crippen molar-refractivity contribution in [2.75, 3.05) is 16.9 Å². The third kappa shape index (κ3) is 3.75. The number of thioether (sulfide) groups is 1. The first-order valence-electron chi connectivity index (χ1n) is 9.62. The number of anilines is 1. The number of carbonyl (C=O) groups excluding carboxylic acids is 2. The summed E-state index contributed by atoms with van der Waals surface area (Å²) >= 11 is 2.70. The highest BCUT2D eigenvalue weighted by atomic mass is 32.2. The second-order valence-electron chi connectivity index (χ2n) is 7.31. The fourth-order valence-electron chi connectivity index (χ4n) is 4.07. The Kier molecular flexibility index (Phi) is 5.58. The molecule has 0 saturated heterocycles. The summed E-state index contributed by atoms with van der Waals surface area (Å²) < 4.78 is 1.52. The minimum atomic E-state index is -0.485. The Hall–Kier alpha value is -2.07. The summed E-state index contributed by atoms with van der Waals surface area (Å²) in [6.07, 6.45) is 8.61. The minimum Gasteiger partial charge on any atom is -0.365 e. The van der Waals surface area contributed by atoms with Crippen molar-refractivity contribution in [2.24, 2.45) is 5.73 Å². The van der Waals surface area contributed by atoms with Crippen LogP contribution in [0.2, 0.25) is 0 Å². The van der Waals surface area contributed by atoms with E-state index >= 15 is 0 Å². The first-order valence-corrected chi connectivity index (χ1v) is 11.4. The number of hydrogen-bond acceptors (Lipinski definition) is 7. The molecule has 2 amide bonds. The topological polar surface area (TPSA) is 129 Å². The lowest BCUT2D eigenvalue weighted by atomic mass is 9.89. The van der Waals surface area contributed by atoms with Gasteiger partial charge in [-0.25, -0.2) is 4.68 Å². The second-order valence-corrected chi connectivity index (χ2v) is 9.36. The number of nitrogen functional groups attached to an aromatic ring is 1. The molecule has 0 spiro atoms. The van der Waals surface area contributed by atoms with E-state index in [-0.39, 0.29) is 11.7 Å². The van der Waals surface area contributed by atoms with Crippen molar-refractivity contribution in [2.45, 2.75) is 62.4 Å². The number of thiophene rings is 1. The average molecular weight is 421 g/mol. The van der Waals surface area contributed by atoms with Gasteiger partial charge in [0.25, 0.3) is 5.91 Å². The molecule has 2 aromatic rings. The van der Waals surface area contributed by atoms with Crippen LogP contribution in [0.25, 0.3) is 0 Å². The predicted octanol–water partition coefficient (Wildman–Crippen LogP) is 2.42. The molecule has 10 heteroatoms. The molecule has 5 N–H and O–H groups in total. The molecule has 2 aromatic heterocycles. The van der Waals surface area contributed by atoms with Gasteiger partial charge in [-0.15, -0.1) is 21.5 Å². The monoisotopic (exact) mass is 420 g/mol. The van der Waals surface area contributed by atoms with Crippen LogP contribution in [0.15, 0.2) is 5.16 Å². The lowest BCUT2D eigenvalue weighted by Crippen LogP contribution is -2.20. The zero-order chi connectivity index (χ0) is 19.7. The minimum absolute atomic E-state index is 0.140. The number of amides is 2. The average Bonchev–Trinajstić information content (AvgIpc) is 3.35. The molecule has 28 heavy (non-hydrogen) atoms. The van der Waals surface area contributed by atoms with Crippen LogP contribution in [0.5, 0.6) is 0 Å². The van der Waals surface area contributed by atoms with Crippen LogP contribution in [0.3, 0.4) is 0 Å². The molecule has 0 unspecified atom stereocenters. The molecule has 0 bridgehead atoms. The van der Waals surface area contributed by atoms with Crippen LogP contribution in [0.4, 0.5) is 5.00 Å². The van der Waals surface area contributed by atoms with E-state index in [2.05, 4.69) is 15.5 Å². The maximum atomic E-state index is 12.4. The number of nitrogens with two attached hydrogens (primary N) is 2. The first-order chi connectivity index (χ1) is 13.5. The Morgan fingerprint density at radius 2 is 1.96 bits per heavy atom. The Labute approximate surface area is 171 Å². The van der Waals surface area contributed by atoms with E-state index in [0.29, 0.717) is 21.6 Å². The molecule has 0 radical (unpaired) electrons. The molecule has 4 rings (SSSR count). The Morgan fingerprint density at radius 3 is 2.71 bits per heavy atom. The van der Waals surface area contributed by atoms with Crippen LogP contribution >= 0.6 is 23.1 Å². The van der Waals surface area contributed by atoms with E-state index in [0.717, 1.165) is 48.4 Å². The fourth-order valence-corrected chi connectivity index (χ4v) is 6.05. The van der Waals surface area contributed by atoms with E-state index in [9.17, 15) is 9.59 Å². The first kappa shape index (κ1) is 19.3. The number of aryl methyl sites for hydroxylation is 1. The normalized spacial score (nSPS) is 16.9. The van der Waals surface area contributed by atoms with Crippen molar-refractivity contribution < 1.29 is 9.59 Å². The smallest absolute Gasteiger partial charge is 0.251 e. The summed E-state index contributed by atoms with van der Waals surface area (Å²) in [5.41, 5.74) is 7.01. The van der Waals surface area contributed by atoms with Gasteiger partial charge in [0.05, 0.1) is 11.3 Å². The highest BCUT2D eigenvalue weighted by Gasteiger charge is 2.27. The number of fused-ring (bicyclic) bond motifs is 1. The standard InChI is InChI=1S/C18H24N6O2S2/c19-15(26)14-11-7-4-8-12(11)28-17(14)21-13(25)9-27-18-23-22-16(24(18)20)10-5-2-1-3-6-10/h10H,1-9,20H2,(H2,19,26)(H,21,25). The van der Waals surface area contributed by atoms with Gasteiger partial charge in [-0.1, -0.05) is 31.0 Å². The zero-order valence-electron chi connectivity index (χ0n) is 15.6. The van der Waals surface area contributed by atoms with Crippen LogP contribution in [-0.4, -0.2) is 32.4 Å². The summed E-state index contributed by atoms with van der Waals surface area (Å²) in [7, 11) is 0. The van der Waals surface area contributed by atoms with E-state index in [1.807, 2.05) is 0 Å². The number of carbonyl (C=O) groups is 2. The Morgan fingerprint density at radius 1 is 1.18 bits per heavy atom. The second kappa shape index (κ2) is 8.12. The number of hydrogen-bond donors (Lipinski definition) is 3. The summed E-state index contributed by atoms with van der Waals surface area (Å²) in [6, 6.07) is 0. The molecule has 8 nitrogen and oxygen atoms in total. The maximum Gasteiger partial charge on any atom is 0.251 e. The molecular formula is C18H24N6O2S2. The van der Waals surface area contributed by atoms with Crippen molar-refractivity contribution >= 4 is 39.9 Å². The highest BCUT2D eigenvalue weighted by molar-refractivity contribution is 7.99. The quantitative estimate of drug-likeness (QED) is 0.486. The van der Waals surface area contributed by atoms with Crippen LogP contribution in [0.1, 0.15) is 71.1 Å². The van der Waals surface area contributed by atoms with Gasteiger partial charge in [0.2, 0.25) is 11.1 Å². The van der Waals surface area contributed by atoms with Gasteiger partial charge in [0, 0.05) is 10.8 Å². The van der Waals surface area contributed by atoms with Crippen LogP contribution in [0, 0.1) is 0 Å². The molecule has 0 aliphatic heterocycles. The summed E-state index contributed by atoms with van der Waals surface area (Å²) in [5, 5.41) is 12.3. The molecule has 1 fully saturated rings. The van der Waals surface area contributed by atoms with Gasteiger partial charge in [0.15, 0.2) is 5.82 Å². The van der Waals surface area contributed by atoms with E-state index in [4.69, 9.17) is 11.6 Å². The Balaban J connectivity index is 1.39. The molecule has 0 atom stereocenters. The summed E-state index contributed by atoms with van der Waals surface area (Å²) in [5.74, 6) is 6.75. The van der Waals surface area contributed by atoms with Crippen molar-refractivity contribution in [3.8, 4) is 0 Å². The largest absolute Gasteiger partial charge is 0.365 e. The highest BCUT2D eigenvalue weighted by Crippen LogP contribution is 2.39. The molecule has 2 aliphatic carbocycles. The summed E-state index contributed by atoms with van der Waals surface area (Å²) in [4.78, 5) is 25.4. The third-order valence-electron chi connectivity index (χ3n) is 5.41. The van der Waals surface area contributed by atoms with Crippen molar-refractivity contribution in [3.05, 3.63) is 21.8 Å². The van der Waals surface area contributed by atoms with E-state index < -0.39 is 5.91 Å². The third-order valence-corrected chi connectivity index (χ3v) is 7.56. The van der Waals surface area contributed by atoms with Gasteiger partial charge in [-0.05, 0) is 37.7 Å². The van der Waals surface area contributed by atoms with E-state index in [1.54, 1.807) is 0 Å². The number of rotatable bonds is 6. The SMILES string of the molecule is NC(=O)c1c(NC(=O)CSc2nnc(C3CCCCC3)n2N)sc2c1CCC2. The number of primary amides is 1. The van der Waals surface area contributed by atoms with Gasteiger partial charge in [0.1, 0.15) is 5.00 Å². The maximum absolute atomic E-state index is 12.4. The lowest BCUT2D eigenvalue weighted by molar-refractivity contribution is -0.113. The van der Waals surface area contributed by atoms with E-state index in [1.165, 1.54) is 47.0 Å². The Bertz CT molecular complexity index is 900. The van der Waals surface area contributed by atoms with Crippen molar-refractivity contribution in [1.29, 1.82) is 0 Å². The number of aromatic nitrogens is 3. The molecule has 1 saturated carbocycles. The molecule has 150 valence electrons. The van der Waals surface area contributed by atoms with Gasteiger partial charge in [-0.2, -0.15) is 0 Å². The number of nitrogens with one attached hydrogen (secondary N) is 1. The predicted molar refractivity (Wildman–Crippen MR) is 110 cm³/mol. The molecule has 2 aliphatic rings.